The molecule has 0 fully saturated rings. The Bertz CT molecular complexity index is 524. The summed E-state index contributed by atoms with van der Waals surface area (Å²) < 4.78 is 32.2. The maximum Gasteiger partial charge on any atom is 0.240 e. The van der Waals surface area contributed by atoms with Gasteiger partial charge in [-0.2, -0.15) is 0 Å². The van der Waals surface area contributed by atoms with E-state index in [0.717, 1.165) is 29.8 Å². The molecule has 2 N–H and O–H groups in total. The highest BCUT2D eigenvalue weighted by molar-refractivity contribution is 7.89. The molecule has 0 spiro atoms. The number of ether oxygens (including phenoxy) is 1. The van der Waals surface area contributed by atoms with Gasteiger partial charge in [-0.05, 0) is 50.1 Å². The zero-order valence-electron chi connectivity index (χ0n) is 13.0. The van der Waals surface area contributed by atoms with Crippen LogP contribution in [0.5, 0.6) is 5.75 Å². The first-order valence-electron chi connectivity index (χ1n) is 6.78. The quantitative estimate of drug-likeness (QED) is 0.713. The zero-order valence-corrected chi connectivity index (χ0v) is 14.7. The van der Waals surface area contributed by atoms with Crippen molar-refractivity contribution in [3.8, 4) is 5.75 Å². The topological polar surface area (TPSA) is 67.4 Å². The van der Waals surface area contributed by atoms with Crippen LogP contribution in [-0.2, 0) is 10.0 Å². The maximum atomic E-state index is 12.2. The number of methoxy groups -OCH3 is 1. The highest BCUT2D eigenvalue weighted by Gasteiger charge is 2.16. The summed E-state index contributed by atoms with van der Waals surface area (Å²) in [7, 11) is -1.88. The third-order valence-corrected chi connectivity index (χ3v) is 4.41. The van der Waals surface area contributed by atoms with Gasteiger partial charge in [-0.15, -0.1) is 12.4 Å². The number of hydrogen-bond acceptors (Lipinski definition) is 4. The van der Waals surface area contributed by atoms with Crippen LogP contribution in [0.15, 0.2) is 17.0 Å². The average Bonchev–Trinajstić information content (AvgIpc) is 2.38. The number of rotatable bonds is 8. The van der Waals surface area contributed by atoms with Crippen molar-refractivity contribution in [1.29, 1.82) is 0 Å². The summed E-state index contributed by atoms with van der Waals surface area (Å²) >= 11 is 0. The van der Waals surface area contributed by atoms with Gasteiger partial charge in [0.2, 0.25) is 10.0 Å². The summed E-state index contributed by atoms with van der Waals surface area (Å²) in [5.41, 5.74) is 1.63. The first-order valence-corrected chi connectivity index (χ1v) is 8.26. The van der Waals surface area contributed by atoms with Crippen molar-refractivity contribution in [3.63, 3.8) is 0 Å². The molecule has 0 aliphatic heterocycles. The van der Waals surface area contributed by atoms with Crippen molar-refractivity contribution in [3.05, 3.63) is 23.3 Å². The monoisotopic (exact) mass is 336 g/mol. The van der Waals surface area contributed by atoms with E-state index >= 15 is 0 Å². The van der Waals surface area contributed by atoms with Gasteiger partial charge in [0.05, 0.1) is 12.0 Å². The van der Waals surface area contributed by atoms with Crippen LogP contribution < -0.4 is 14.8 Å². The van der Waals surface area contributed by atoms with Gasteiger partial charge in [0, 0.05) is 13.1 Å². The summed E-state index contributed by atoms with van der Waals surface area (Å²) in [6.45, 7) is 7.65. The first kappa shape index (κ1) is 20.2. The van der Waals surface area contributed by atoms with Gasteiger partial charge in [-0.3, -0.25) is 0 Å². The van der Waals surface area contributed by atoms with Gasteiger partial charge in [0.15, 0.2) is 0 Å². The molecule has 0 atom stereocenters. The molecule has 1 aromatic rings. The second kappa shape index (κ2) is 9.25. The minimum atomic E-state index is -3.46. The maximum absolute atomic E-state index is 12.2. The lowest BCUT2D eigenvalue weighted by molar-refractivity contribution is 0.408. The van der Waals surface area contributed by atoms with Crippen LogP contribution >= 0.6 is 12.4 Å². The fourth-order valence-electron chi connectivity index (χ4n) is 2.05. The summed E-state index contributed by atoms with van der Waals surface area (Å²) in [6, 6.07) is 3.27. The fraction of sp³-hybridized carbons (Fsp3) is 0.571. The van der Waals surface area contributed by atoms with Crippen LogP contribution in [0.3, 0.4) is 0 Å². The Hall–Kier alpha value is -0.820. The Morgan fingerprint density at radius 1 is 1.10 bits per heavy atom. The number of halogens is 1. The molecule has 7 heteroatoms. The zero-order chi connectivity index (χ0) is 15.2. The molecule has 0 saturated carbocycles. The van der Waals surface area contributed by atoms with Crippen molar-refractivity contribution in [2.45, 2.75) is 32.1 Å². The number of sulfonamides is 1. The van der Waals surface area contributed by atoms with Crippen LogP contribution in [0.25, 0.3) is 0 Å². The predicted molar refractivity (Wildman–Crippen MR) is 88.1 cm³/mol. The molecule has 0 heterocycles. The van der Waals surface area contributed by atoms with Crippen LogP contribution in [-0.4, -0.2) is 35.2 Å². The van der Waals surface area contributed by atoms with E-state index in [2.05, 4.69) is 17.0 Å². The molecule has 21 heavy (non-hydrogen) atoms. The molecule has 0 radical (unpaired) electrons. The fourth-order valence-corrected chi connectivity index (χ4v) is 3.25. The highest BCUT2D eigenvalue weighted by Crippen LogP contribution is 2.26. The van der Waals surface area contributed by atoms with E-state index in [4.69, 9.17) is 4.74 Å². The van der Waals surface area contributed by atoms with Crippen molar-refractivity contribution < 1.29 is 13.2 Å². The second-order valence-corrected chi connectivity index (χ2v) is 6.51. The summed E-state index contributed by atoms with van der Waals surface area (Å²) in [5.74, 6) is 0.730. The molecule has 122 valence electrons. The van der Waals surface area contributed by atoms with Crippen molar-refractivity contribution >= 4 is 22.4 Å². The van der Waals surface area contributed by atoms with E-state index < -0.39 is 10.0 Å². The number of aryl methyl sites for hydroxylation is 2. The number of benzene rings is 1. The minimum Gasteiger partial charge on any atom is -0.496 e. The van der Waals surface area contributed by atoms with Crippen LogP contribution in [0.4, 0.5) is 0 Å². The SMILES string of the molecule is CCCNCCNS(=O)(=O)c1cc(C)c(OC)c(C)c1.Cl. The van der Waals surface area contributed by atoms with Crippen LogP contribution in [0.2, 0.25) is 0 Å². The van der Waals surface area contributed by atoms with E-state index in [1.54, 1.807) is 19.2 Å². The lowest BCUT2D eigenvalue weighted by Gasteiger charge is -2.12. The number of hydrogen-bond donors (Lipinski definition) is 2. The lowest BCUT2D eigenvalue weighted by atomic mass is 10.1. The molecule has 1 aromatic carbocycles. The molecule has 5 nitrogen and oxygen atoms in total. The molecule has 1 rings (SSSR count). The second-order valence-electron chi connectivity index (χ2n) is 4.74. The van der Waals surface area contributed by atoms with Crippen LogP contribution in [0.1, 0.15) is 24.5 Å². The standard InChI is InChI=1S/C14H24N2O3S.ClH/c1-5-6-15-7-8-16-20(17,18)13-9-11(2)14(19-4)12(3)10-13;/h9-10,15-16H,5-8H2,1-4H3;1H. The van der Waals surface area contributed by atoms with E-state index in [-0.39, 0.29) is 17.3 Å². The summed E-state index contributed by atoms with van der Waals surface area (Å²) in [4.78, 5) is 0.281. The van der Waals surface area contributed by atoms with Crippen molar-refractivity contribution in [1.82, 2.24) is 10.0 Å². The van der Waals surface area contributed by atoms with Crippen molar-refractivity contribution in [2.75, 3.05) is 26.7 Å². The van der Waals surface area contributed by atoms with Crippen molar-refractivity contribution in [2.24, 2.45) is 0 Å². The predicted octanol–water partition coefficient (Wildman–Crippen LogP) is 2.01. The Labute approximate surface area is 133 Å². The van der Waals surface area contributed by atoms with E-state index in [1.807, 2.05) is 13.8 Å². The van der Waals surface area contributed by atoms with Gasteiger partial charge in [0.1, 0.15) is 5.75 Å². The molecular weight excluding hydrogens is 312 g/mol. The van der Waals surface area contributed by atoms with Crippen LogP contribution in [0, 0.1) is 13.8 Å². The average molecular weight is 337 g/mol. The molecule has 0 bridgehead atoms. The third-order valence-electron chi connectivity index (χ3n) is 2.97. The normalized spacial score (nSPS) is 11.0. The highest BCUT2D eigenvalue weighted by atomic mass is 35.5. The molecular formula is C14H25ClN2O3S. The Kier molecular flexibility index (Phi) is 8.89. The Morgan fingerprint density at radius 3 is 2.14 bits per heavy atom. The van der Waals surface area contributed by atoms with Gasteiger partial charge in [0.25, 0.3) is 0 Å². The van der Waals surface area contributed by atoms with Gasteiger partial charge in [-0.1, -0.05) is 6.92 Å². The first-order chi connectivity index (χ1) is 9.42. The number of nitrogens with one attached hydrogen (secondary N) is 2. The molecule has 0 saturated heterocycles. The lowest BCUT2D eigenvalue weighted by Crippen LogP contribution is -2.32. The molecule has 0 aliphatic carbocycles. The molecule has 0 amide bonds. The van der Waals surface area contributed by atoms with Gasteiger partial charge < -0.3 is 10.1 Å². The van der Waals surface area contributed by atoms with E-state index in [9.17, 15) is 8.42 Å². The Balaban J connectivity index is 0.00000400. The molecule has 0 unspecified atom stereocenters. The third kappa shape index (κ3) is 5.82. The van der Waals surface area contributed by atoms with Gasteiger partial charge >= 0.3 is 0 Å². The Morgan fingerprint density at radius 2 is 1.67 bits per heavy atom. The minimum absolute atomic E-state index is 0. The van der Waals surface area contributed by atoms with Gasteiger partial charge in [-0.25, -0.2) is 13.1 Å². The molecule has 0 aromatic heterocycles. The smallest absolute Gasteiger partial charge is 0.240 e. The summed E-state index contributed by atoms with van der Waals surface area (Å²) in [6.07, 6.45) is 1.03. The van der Waals surface area contributed by atoms with E-state index in [0.29, 0.717) is 13.1 Å². The van der Waals surface area contributed by atoms with E-state index in [1.165, 1.54) is 0 Å². The molecule has 0 aliphatic rings. The largest absolute Gasteiger partial charge is 0.496 e. The summed E-state index contributed by atoms with van der Waals surface area (Å²) in [5, 5.41) is 3.15.